The Balaban J connectivity index is 1.25. The minimum atomic E-state index is -0.554. The van der Waals surface area contributed by atoms with E-state index in [9.17, 15) is 14.4 Å². The van der Waals surface area contributed by atoms with Gasteiger partial charge in [0.1, 0.15) is 6.04 Å². The zero-order chi connectivity index (χ0) is 22.5. The molecule has 2 fully saturated rings. The lowest BCUT2D eigenvalue weighted by molar-refractivity contribution is -0.136. The van der Waals surface area contributed by atoms with Gasteiger partial charge in [0, 0.05) is 44.7 Å². The second kappa shape index (κ2) is 10.3. The van der Waals surface area contributed by atoms with Crippen LogP contribution < -0.4 is 5.32 Å². The summed E-state index contributed by atoms with van der Waals surface area (Å²) in [6.07, 6.45) is 10.4. The van der Waals surface area contributed by atoms with Gasteiger partial charge in [-0.15, -0.1) is 6.42 Å². The van der Waals surface area contributed by atoms with Crippen molar-refractivity contribution in [3.8, 4) is 12.3 Å². The van der Waals surface area contributed by atoms with E-state index in [1.165, 1.54) is 12.0 Å². The van der Waals surface area contributed by atoms with Crippen molar-refractivity contribution >= 4 is 17.7 Å². The lowest BCUT2D eigenvalue weighted by atomic mass is 9.98. The number of hydrogen-bond donors (Lipinski definition) is 1. The Labute approximate surface area is 190 Å². The number of piperidine rings is 1. The van der Waals surface area contributed by atoms with E-state index in [0.717, 1.165) is 64.1 Å². The van der Waals surface area contributed by atoms with E-state index in [1.54, 1.807) is 4.90 Å². The van der Waals surface area contributed by atoms with Crippen LogP contribution in [0.25, 0.3) is 0 Å². The van der Waals surface area contributed by atoms with Crippen LogP contribution in [0.3, 0.4) is 0 Å². The molecule has 0 spiro atoms. The highest BCUT2D eigenvalue weighted by molar-refractivity contribution is 6.05. The number of piperazine rings is 1. The van der Waals surface area contributed by atoms with Crippen LogP contribution in [0.4, 0.5) is 0 Å². The Hall–Kier alpha value is -2.69. The predicted octanol–water partition coefficient (Wildman–Crippen LogP) is 1.41. The largest absolute Gasteiger partial charge is 0.322 e. The van der Waals surface area contributed by atoms with Gasteiger partial charge in [-0.3, -0.25) is 24.6 Å². The van der Waals surface area contributed by atoms with Crippen molar-refractivity contribution in [3.05, 3.63) is 34.9 Å². The smallest absolute Gasteiger partial charge is 0.255 e. The van der Waals surface area contributed by atoms with Gasteiger partial charge in [0.25, 0.3) is 5.91 Å². The van der Waals surface area contributed by atoms with Crippen molar-refractivity contribution in [1.29, 1.82) is 0 Å². The molecule has 7 nitrogen and oxygen atoms in total. The maximum Gasteiger partial charge on any atom is 0.255 e. The number of hydrogen-bond acceptors (Lipinski definition) is 5. The third-order valence-corrected chi connectivity index (χ3v) is 6.88. The Kier molecular flexibility index (Phi) is 7.23. The van der Waals surface area contributed by atoms with Crippen LogP contribution >= 0.6 is 0 Å². The Morgan fingerprint density at radius 2 is 1.81 bits per heavy atom. The molecule has 0 aliphatic carbocycles. The zero-order valence-corrected chi connectivity index (χ0v) is 18.6. The monoisotopic (exact) mass is 436 g/mol. The molecule has 7 heteroatoms. The minimum absolute atomic E-state index is 0.0969. The van der Waals surface area contributed by atoms with Gasteiger partial charge in [-0.1, -0.05) is 24.5 Å². The summed E-state index contributed by atoms with van der Waals surface area (Å²) in [5.74, 6) is 2.01. The molecule has 3 heterocycles. The van der Waals surface area contributed by atoms with Gasteiger partial charge < -0.3 is 9.80 Å². The second-order valence-corrected chi connectivity index (χ2v) is 8.98. The summed E-state index contributed by atoms with van der Waals surface area (Å²) >= 11 is 0. The van der Waals surface area contributed by atoms with Gasteiger partial charge in [-0.05, 0) is 49.4 Å². The molecule has 3 amide bonds. The lowest BCUT2D eigenvalue weighted by Crippen LogP contribution is -2.52. The van der Waals surface area contributed by atoms with Crippen LogP contribution in [-0.2, 0) is 22.6 Å². The molecule has 1 N–H and O–H groups in total. The lowest BCUT2D eigenvalue weighted by Gasteiger charge is -2.33. The first kappa shape index (κ1) is 22.5. The number of fused-ring (bicyclic) bond motifs is 1. The van der Waals surface area contributed by atoms with Crippen molar-refractivity contribution in [3.63, 3.8) is 0 Å². The van der Waals surface area contributed by atoms with Crippen molar-refractivity contribution in [2.45, 2.75) is 51.1 Å². The maximum absolute atomic E-state index is 12.9. The molecule has 4 rings (SSSR count). The average molecular weight is 437 g/mol. The molecule has 0 aromatic heterocycles. The second-order valence-electron chi connectivity index (χ2n) is 8.98. The fraction of sp³-hybridized carbons (Fsp3) is 0.560. The quantitative estimate of drug-likeness (QED) is 0.379. The van der Waals surface area contributed by atoms with Crippen molar-refractivity contribution < 1.29 is 14.4 Å². The molecule has 1 atom stereocenters. The maximum atomic E-state index is 12.9. The molecule has 3 aliphatic rings. The molecule has 2 saturated heterocycles. The summed E-state index contributed by atoms with van der Waals surface area (Å²) in [4.78, 5) is 43.1. The Morgan fingerprint density at radius 3 is 2.56 bits per heavy atom. The molecular weight excluding hydrogens is 404 g/mol. The number of unbranched alkanes of at least 4 members (excludes halogenated alkanes) is 2. The van der Waals surface area contributed by atoms with Crippen molar-refractivity contribution in [2.75, 3.05) is 39.3 Å². The predicted molar refractivity (Wildman–Crippen MR) is 122 cm³/mol. The first-order valence-corrected chi connectivity index (χ1v) is 11.7. The number of aryl methyl sites for hydroxylation is 1. The standard InChI is InChI=1S/C25H32N4O3/c1-2-12-27-14-16-28(17-15-27)13-5-3-4-7-19-8-6-9-20-21(19)18-29(25(20)32)22-10-11-23(30)26-24(22)31/h1,6,8-9,22H,3-5,7,10-18H2,(H,26,30,31). The van der Waals surface area contributed by atoms with E-state index in [4.69, 9.17) is 6.42 Å². The first-order valence-electron chi connectivity index (χ1n) is 11.7. The first-order chi connectivity index (χ1) is 15.6. The number of nitrogens with zero attached hydrogens (tertiary/aromatic N) is 3. The average Bonchev–Trinajstić information content (AvgIpc) is 3.12. The van der Waals surface area contributed by atoms with Crippen LogP contribution in [0, 0.1) is 12.3 Å². The minimum Gasteiger partial charge on any atom is -0.322 e. The number of rotatable bonds is 8. The normalized spacial score (nSPS) is 22.0. The Bertz CT molecular complexity index is 914. The summed E-state index contributed by atoms with van der Waals surface area (Å²) in [7, 11) is 0. The van der Waals surface area contributed by atoms with Crippen LogP contribution in [0.5, 0.6) is 0 Å². The number of amides is 3. The molecule has 1 aromatic rings. The van der Waals surface area contributed by atoms with Crippen molar-refractivity contribution in [1.82, 2.24) is 20.0 Å². The van der Waals surface area contributed by atoms with Gasteiger partial charge in [0.2, 0.25) is 11.8 Å². The highest BCUT2D eigenvalue weighted by Crippen LogP contribution is 2.30. The summed E-state index contributed by atoms with van der Waals surface area (Å²) in [6.45, 7) is 6.62. The van der Waals surface area contributed by atoms with E-state index in [-0.39, 0.29) is 24.1 Å². The molecule has 3 aliphatic heterocycles. The van der Waals surface area contributed by atoms with Gasteiger partial charge >= 0.3 is 0 Å². The van der Waals surface area contributed by atoms with E-state index in [2.05, 4.69) is 27.1 Å². The third kappa shape index (κ3) is 5.03. The molecule has 0 radical (unpaired) electrons. The van der Waals surface area contributed by atoms with E-state index in [0.29, 0.717) is 18.5 Å². The zero-order valence-electron chi connectivity index (χ0n) is 18.6. The molecule has 1 aromatic carbocycles. The summed E-state index contributed by atoms with van der Waals surface area (Å²) in [5, 5.41) is 2.37. The molecule has 1 unspecified atom stereocenters. The molecular formula is C25H32N4O3. The van der Waals surface area contributed by atoms with Crippen LogP contribution in [0.2, 0.25) is 0 Å². The fourth-order valence-electron chi connectivity index (χ4n) is 5.01. The summed E-state index contributed by atoms with van der Waals surface area (Å²) < 4.78 is 0. The van der Waals surface area contributed by atoms with Crippen molar-refractivity contribution in [2.24, 2.45) is 0 Å². The topological polar surface area (TPSA) is 73.0 Å². The summed E-state index contributed by atoms with van der Waals surface area (Å²) in [5.41, 5.74) is 2.96. The van der Waals surface area contributed by atoms with Gasteiger partial charge in [0.05, 0.1) is 6.54 Å². The third-order valence-electron chi connectivity index (χ3n) is 6.88. The fourth-order valence-corrected chi connectivity index (χ4v) is 5.01. The molecule has 32 heavy (non-hydrogen) atoms. The van der Waals surface area contributed by atoms with Crippen LogP contribution in [0.1, 0.15) is 53.6 Å². The highest BCUT2D eigenvalue weighted by atomic mass is 16.2. The number of carbonyl (C=O) groups excluding carboxylic acids is 3. The van der Waals surface area contributed by atoms with Gasteiger partial charge in [0.15, 0.2) is 0 Å². The number of nitrogens with one attached hydrogen (secondary N) is 1. The van der Waals surface area contributed by atoms with E-state index < -0.39 is 6.04 Å². The van der Waals surface area contributed by atoms with E-state index in [1.807, 2.05) is 12.1 Å². The SMILES string of the molecule is C#CCN1CCN(CCCCCc2cccc3c2CN(C2CCC(=O)NC2=O)C3=O)CC1. The molecule has 0 saturated carbocycles. The Morgan fingerprint density at radius 1 is 1.03 bits per heavy atom. The molecule has 0 bridgehead atoms. The highest BCUT2D eigenvalue weighted by Gasteiger charge is 2.39. The van der Waals surface area contributed by atoms with E-state index >= 15 is 0 Å². The number of terminal acetylenes is 1. The number of imide groups is 1. The van der Waals surface area contributed by atoms with Crippen LogP contribution in [-0.4, -0.2) is 77.7 Å². The van der Waals surface area contributed by atoms with Gasteiger partial charge in [-0.25, -0.2) is 0 Å². The summed E-state index contributed by atoms with van der Waals surface area (Å²) in [6, 6.07) is 5.34. The van der Waals surface area contributed by atoms with Gasteiger partial charge in [-0.2, -0.15) is 0 Å². The molecule has 170 valence electrons. The number of carbonyl (C=O) groups is 3. The number of benzene rings is 1. The van der Waals surface area contributed by atoms with Crippen LogP contribution in [0.15, 0.2) is 18.2 Å².